The Balaban J connectivity index is 3.11. The minimum Gasteiger partial charge on any atom is -0.403 e. The second-order valence-electron chi connectivity index (χ2n) is 3.82. The molecule has 0 saturated carbocycles. The molecule has 0 amide bonds. The van der Waals surface area contributed by atoms with Crippen LogP contribution >= 0.6 is 7.82 Å². The predicted octanol–water partition coefficient (Wildman–Crippen LogP) is 3.65. The molecule has 17 heavy (non-hydrogen) atoms. The molecule has 0 aliphatic carbocycles. The van der Waals surface area contributed by atoms with Gasteiger partial charge in [-0.3, -0.25) is 9.05 Å². The number of hydrogen-bond donors (Lipinski definition) is 0. The quantitative estimate of drug-likeness (QED) is 0.756. The van der Waals surface area contributed by atoms with Crippen molar-refractivity contribution in [1.29, 1.82) is 0 Å². The molecule has 0 aliphatic rings. The minimum absolute atomic E-state index is 0.564. The summed E-state index contributed by atoms with van der Waals surface area (Å²) in [5, 5.41) is 0. The lowest BCUT2D eigenvalue weighted by Crippen LogP contribution is -2.01. The zero-order valence-corrected chi connectivity index (χ0v) is 11.8. The fourth-order valence-corrected chi connectivity index (χ4v) is 2.46. The van der Waals surface area contributed by atoms with Crippen molar-refractivity contribution in [2.75, 3.05) is 14.2 Å². The maximum Gasteiger partial charge on any atom is 0.529 e. The number of hydrogen-bond acceptors (Lipinski definition) is 4. The van der Waals surface area contributed by atoms with Crippen molar-refractivity contribution in [2.24, 2.45) is 0 Å². The molecule has 0 saturated heterocycles. The monoisotopic (exact) mass is 258 g/mol. The Labute approximate surface area is 103 Å². The fraction of sp³-hybridized carbons (Fsp3) is 0.500. The van der Waals surface area contributed by atoms with Crippen LogP contribution in [0.3, 0.4) is 0 Å². The highest BCUT2D eigenvalue weighted by Crippen LogP contribution is 2.49. The lowest BCUT2D eigenvalue weighted by molar-refractivity contribution is 0.210. The Morgan fingerprint density at radius 1 is 1.12 bits per heavy atom. The largest absolute Gasteiger partial charge is 0.529 e. The molecular formula is C12H19O4P. The van der Waals surface area contributed by atoms with Gasteiger partial charge in [-0.15, -0.1) is 0 Å². The van der Waals surface area contributed by atoms with Crippen LogP contribution in [0.4, 0.5) is 0 Å². The maximum atomic E-state index is 11.9. The normalized spacial score (nSPS) is 11.6. The van der Waals surface area contributed by atoms with E-state index in [-0.39, 0.29) is 0 Å². The third-order valence-corrected chi connectivity index (χ3v) is 3.88. The number of rotatable bonds is 5. The van der Waals surface area contributed by atoms with Crippen molar-refractivity contribution in [3.8, 4) is 5.75 Å². The molecule has 0 atom stereocenters. The van der Waals surface area contributed by atoms with Crippen LogP contribution in [-0.4, -0.2) is 14.2 Å². The highest BCUT2D eigenvalue weighted by molar-refractivity contribution is 7.48. The fourth-order valence-electron chi connectivity index (χ4n) is 1.65. The molecule has 0 aliphatic heterocycles. The zero-order chi connectivity index (χ0) is 13.1. The van der Waals surface area contributed by atoms with Gasteiger partial charge in [0.1, 0.15) is 5.75 Å². The lowest BCUT2D eigenvalue weighted by Gasteiger charge is -2.18. The second kappa shape index (κ2) is 5.67. The van der Waals surface area contributed by atoms with Crippen LogP contribution in [0.1, 0.15) is 23.6 Å². The summed E-state index contributed by atoms with van der Waals surface area (Å²) in [5.41, 5.74) is 3.07. The van der Waals surface area contributed by atoms with E-state index in [0.29, 0.717) is 5.75 Å². The molecule has 0 aromatic heterocycles. The standard InChI is InChI=1S/C12H19O4P/c1-6-11-7-9(2)12(10(3)8-11)16-17(13,14-4)15-5/h7-8H,6H2,1-5H3. The van der Waals surface area contributed by atoms with Crippen LogP contribution < -0.4 is 4.52 Å². The highest BCUT2D eigenvalue weighted by atomic mass is 31.2. The van der Waals surface area contributed by atoms with E-state index >= 15 is 0 Å². The third-order valence-electron chi connectivity index (χ3n) is 2.58. The summed E-state index contributed by atoms with van der Waals surface area (Å²) in [6.07, 6.45) is 0.953. The first-order chi connectivity index (χ1) is 7.95. The third kappa shape index (κ3) is 3.32. The summed E-state index contributed by atoms with van der Waals surface area (Å²) in [6, 6.07) is 4.02. The number of aryl methyl sites for hydroxylation is 3. The van der Waals surface area contributed by atoms with E-state index in [2.05, 4.69) is 6.92 Å². The van der Waals surface area contributed by atoms with Crippen LogP contribution in [0.5, 0.6) is 5.75 Å². The molecule has 1 aromatic carbocycles. The molecule has 1 rings (SSSR count). The number of benzene rings is 1. The van der Waals surface area contributed by atoms with Gasteiger partial charge in [-0.25, -0.2) is 4.57 Å². The van der Waals surface area contributed by atoms with Crippen LogP contribution in [0.25, 0.3) is 0 Å². The van der Waals surface area contributed by atoms with Gasteiger partial charge in [-0.05, 0) is 37.0 Å². The summed E-state index contributed by atoms with van der Waals surface area (Å²) < 4.78 is 26.8. The summed E-state index contributed by atoms with van der Waals surface area (Å²) in [5.74, 6) is 0.564. The Morgan fingerprint density at radius 3 is 1.94 bits per heavy atom. The van der Waals surface area contributed by atoms with Gasteiger partial charge in [0.2, 0.25) is 0 Å². The molecule has 0 unspecified atom stereocenters. The van der Waals surface area contributed by atoms with Crippen LogP contribution in [0.2, 0.25) is 0 Å². The van der Waals surface area contributed by atoms with Crippen molar-refractivity contribution >= 4 is 7.82 Å². The molecule has 96 valence electrons. The molecule has 4 nitrogen and oxygen atoms in total. The molecule has 1 aromatic rings. The van der Waals surface area contributed by atoms with Crippen molar-refractivity contribution in [1.82, 2.24) is 0 Å². The van der Waals surface area contributed by atoms with E-state index in [1.165, 1.54) is 19.8 Å². The predicted molar refractivity (Wildman–Crippen MR) is 67.5 cm³/mol. The average molecular weight is 258 g/mol. The van der Waals surface area contributed by atoms with Crippen LogP contribution in [0, 0.1) is 13.8 Å². The smallest absolute Gasteiger partial charge is 0.403 e. The first kappa shape index (κ1) is 14.2. The zero-order valence-electron chi connectivity index (χ0n) is 10.9. The molecule has 0 spiro atoms. The van der Waals surface area contributed by atoms with Crippen LogP contribution in [0.15, 0.2) is 12.1 Å². The van der Waals surface area contributed by atoms with E-state index in [4.69, 9.17) is 13.6 Å². The minimum atomic E-state index is -3.48. The Bertz CT molecular complexity index is 411. The van der Waals surface area contributed by atoms with Gasteiger partial charge in [0.25, 0.3) is 0 Å². The Morgan fingerprint density at radius 2 is 1.59 bits per heavy atom. The van der Waals surface area contributed by atoms with Gasteiger partial charge in [-0.1, -0.05) is 19.1 Å². The van der Waals surface area contributed by atoms with Crippen LogP contribution in [-0.2, 0) is 20.0 Å². The molecular weight excluding hydrogens is 239 g/mol. The first-order valence-electron chi connectivity index (χ1n) is 5.47. The molecule has 0 heterocycles. The molecule has 0 radical (unpaired) electrons. The number of phosphoric acid groups is 1. The van der Waals surface area contributed by atoms with Crippen molar-refractivity contribution in [2.45, 2.75) is 27.2 Å². The van der Waals surface area contributed by atoms with Gasteiger partial charge in [0, 0.05) is 14.2 Å². The maximum absolute atomic E-state index is 11.9. The molecule has 5 heteroatoms. The SMILES string of the molecule is CCc1cc(C)c(OP(=O)(OC)OC)c(C)c1. The van der Waals surface area contributed by atoms with Crippen molar-refractivity contribution in [3.05, 3.63) is 28.8 Å². The Hall–Kier alpha value is -0.830. The van der Waals surface area contributed by atoms with E-state index in [1.54, 1.807) is 0 Å². The van der Waals surface area contributed by atoms with Gasteiger partial charge >= 0.3 is 7.82 Å². The molecule has 0 N–H and O–H groups in total. The molecule has 0 fully saturated rings. The second-order valence-corrected chi connectivity index (χ2v) is 5.62. The van der Waals surface area contributed by atoms with Gasteiger partial charge in [0.15, 0.2) is 0 Å². The summed E-state index contributed by atoms with van der Waals surface area (Å²) >= 11 is 0. The van der Waals surface area contributed by atoms with E-state index in [0.717, 1.165) is 17.5 Å². The summed E-state index contributed by atoms with van der Waals surface area (Å²) in [6.45, 7) is 5.91. The van der Waals surface area contributed by atoms with Gasteiger partial charge in [0.05, 0.1) is 0 Å². The summed E-state index contributed by atoms with van der Waals surface area (Å²) in [7, 11) is -0.879. The summed E-state index contributed by atoms with van der Waals surface area (Å²) in [4.78, 5) is 0. The van der Waals surface area contributed by atoms with E-state index < -0.39 is 7.82 Å². The highest BCUT2D eigenvalue weighted by Gasteiger charge is 2.26. The lowest BCUT2D eigenvalue weighted by atomic mass is 10.0. The van der Waals surface area contributed by atoms with Crippen molar-refractivity contribution in [3.63, 3.8) is 0 Å². The molecule has 0 bridgehead atoms. The van der Waals surface area contributed by atoms with Gasteiger partial charge in [-0.2, -0.15) is 0 Å². The van der Waals surface area contributed by atoms with Gasteiger partial charge < -0.3 is 4.52 Å². The average Bonchev–Trinajstić information content (AvgIpc) is 2.33. The van der Waals surface area contributed by atoms with E-state index in [9.17, 15) is 4.57 Å². The topological polar surface area (TPSA) is 44.8 Å². The first-order valence-corrected chi connectivity index (χ1v) is 6.93. The van der Waals surface area contributed by atoms with E-state index in [1.807, 2.05) is 26.0 Å². The Kier molecular flexibility index (Phi) is 4.75. The number of phosphoric ester groups is 1. The van der Waals surface area contributed by atoms with Crippen molar-refractivity contribution < 1.29 is 18.1 Å².